The van der Waals surface area contributed by atoms with E-state index in [0.717, 1.165) is 5.52 Å². The van der Waals surface area contributed by atoms with Crippen molar-refractivity contribution >= 4 is 28.5 Å². The van der Waals surface area contributed by atoms with E-state index in [1.54, 1.807) is 55.1 Å². The fraction of sp³-hybridized carbons (Fsp3) is 0.348. The number of rotatable bonds is 7. The minimum atomic E-state index is -0.782. The maximum absolute atomic E-state index is 13.0. The van der Waals surface area contributed by atoms with Crippen molar-refractivity contribution in [3.8, 4) is 11.5 Å². The number of nitrogens with zero attached hydrogens (tertiary/aromatic N) is 2. The zero-order valence-electron chi connectivity index (χ0n) is 19.1. The summed E-state index contributed by atoms with van der Waals surface area (Å²) in [7, 11) is 6.37. The molecule has 0 saturated carbocycles. The van der Waals surface area contributed by atoms with Crippen LogP contribution in [0.3, 0.4) is 0 Å². The monoisotopic (exact) mass is 440 g/mol. The Labute approximate surface area is 185 Å². The first-order valence-corrected chi connectivity index (χ1v) is 10.2. The molecule has 0 fully saturated rings. The molecule has 32 heavy (non-hydrogen) atoms. The number of aromatic nitrogens is 2. The van der Waals surface area contributed by atoms with E-state index in [1.807, 2.05) is 13.8 Å². The SMILES string of the molecule is COc1cc(OC)cc(C(=O)NC(C(=O)Nc2ccc3c(c2)n(C)c(=O)n3C)C(C)C)c1. The molecule has 2 N–H and O–H groups in total. The highest BCUT2D eigenvalue weighted by Crippen LogP contribution is 2.23. The van der Waals surface area contributed by atoms with E-state index in [1.165, 1.54) is 18.8 Å². The van der Waals surface area contributed by atoms with E-state index in [4.69, 9.17) is 9.47 Å². The zero-order valence-corrected chi connectivity index (χ0v) is 19.1. The van der Waals surface area contributed by atoms with Crippen molar-refractivity contribution < 1.29 is 19.1 Å². The fourth-order valence-corrected chi connectivity index (χ4v) is 3.50. The Kier molecular flexibility index (Phi) is 6.57. The van der Waals surface area contributed by atoms with Crippen LogP contribution in [0.2, 0.25) is 0 Å². The molecule has 2 aromatic carbocycles. The van der Waals surface area contributed by atoms with Crippen molar-refractivity contribution in [2.45, 2.75) is 19.9 Å². The maximum Gasteiger partial charge on any atom is 0.328 e. The Morgan fingerprint density at radius 2 is 1.50 bits per heavy atom. The van der Waals surface area contributed by atoms with Gasteiger partial charge in [-0.2, -0.15) is 0 Å². The van der Waals surface area contributed by atoms with Gasteiger partial charge >= 0.3 is 5.69 Å². The lowest BCUT2D eigenvalue weighted by Crippen LogP contribution is -2.47. The second kappa shape index (κ2) is 9.17. The molecular formula is C23H28N4O5. The molecule has 1 aromatic heterocycles. The van der Waals surface area contributed by atoms with Crippen molar-refractivity contribution in [3.05, 3.63) is 52.4 Å². The summed E-state index contributed by atoms with van der Waals surface area (Å²) in [6, 6.07) is 9.28. The molecule has 1 heterocycles. The van der Waals surface area contributed by atoms with Gasteiger partial charge in [0.05, 0.1) is 25.3 Å². The van der Waals surface area contributed by atoms with E-state index in [2.05, 4.69) is 10.6 Å². The number of nitrogens with one attached hydrogen (secondary N) is 2. The summed E-state index contributed by atoms with van der Waals surface area (Å²) < 4.78 is 13.5. The Morgan fingerprint density at radius 1 is 0.906 bits per heavy atom. The Balaban J connectivity index is 1.82. The van der Waals surface area contributed by atoms with Crippen LogP contribution in [0.4, 0.5) is 5.69 Å². The van der Waals surface area contributed by atoms with Crippen LogP contribution in [0.5, 0.6) is 11.5 Å². The lowest BCUT2D eigenvalue weighted by Gasteiger charge is -2.22. The molecule has 0 spiro atoms. The Hall–Kier alpha value is -3.75. The normalized spacial score (nSPS) is 12.0. The minimum absolute atomic E-state index is 0.149. The first kappa shape index (κ1) is 22.9. The first-order valence-electron chi connectivity index (χ1n) is 10.2. The highest BCUT2D eigenvalue weighted by atomic mass is 16.5. The standard InChI is InChI=1S/C23H28N4O5/c1-13(2)20(25-21(28)14-9-16(31-5)12-17(10-14)32-6)22(29)24-15-7-8-18-19(11-15)27(4)23(30)26(18)3/h7-13,20H,1-6H3,(H,24,29)(H,25,28). The van der Waals surface area contributed by atoms with E-state index in [0.29, 0.717) is 28.3 Å². The number of carbonyl (C=O) groups excluding carboxylic acids is 2. The number of hydrogen-bond donors (Lipinski definition) is 2. The molecule has 9 heteroatoms. The summed E-state index contributed by atoms with van der Waals surface area (Å²) in [5.41, 5.74) is 2.16. The van der Waals surface area contributed by atoms with E-state index < -0.39 is 11.9 Å². The van der Waals surface area contributed by atoms with E-state index in [-0.39, 0.29) is 17.5 Å². The van der Waals surface area contributed by atoms with Gasteiger partial charge in [-0.15, -0.1) is 0 Å². The molecule has 3 aromatic rings. The molecule has 0 bridgehead atoms. The predicted octanol–water partition coefficient (Wildman–Crippen LogP) is 2.29. The number of aryl methyl sites for hydroxylation is 2. The molecule has 1 unspecified atom stereocenters. The molecule has 9 nitrogen and oxygen atoms in total. The molecule has 0 aliphatic carbocycles. The number of amides is 2. The van der Waals surface area contributed by atoms with Crippen molar-refractivity contribution in [2.75, 3.05) is 19.5 Å². The number of fused-ring (bicyclic) bond motifs is 1. The van der Waals surface area contributed by atoms with Gasteiger partial charge in [-0.1, -0.05) is 13.8 Å². The van der Waals surface area contributed by atoms with E-state index >= 15 is 0 Å². The second-order valence-electron chi connectivity index (χ2n) is 7.89. The number of hydrogen-bond acceptors (Lipinski definition) is 5. The summed E-state index contributed by atoms with van der Waals surface area (Å²) in [6.07, 6.45) is 0. The number of carbonyl (C=O) groups is 2. The molecule has 0 aliphatic heterocycles. The molecule has 170 valence electrons. The number of imidazole rings is 1. The number of ether oxygens (including phenoxy) is 2. The van der Waals surface area contributed by atoms with Gasteiger partial charge in [-0.3, -0.25) is 18.7 Å². The summed E-state index contributed by atoms with van der Waals surface area (Å²) in [6.45, 7) is 3.70. The van der Waals surface area contributed by atoms with E-state index in [9.17, 15) is 14.4 Å². The number of anilines is 1. The lowest BCUT2D eigenvalue weighted by molar-refractivity contribution is -0.118. The first-order chi connectivity index (χ1) is 15.2. The average Bonchev–Trinajstić information content (AvgIpc) is 3.00. The van der Waals surface area contributed by atoms with Crippen LogP contribution in [-0.2, 0) is 18.9 Å². The molecule has 0 saturated heterocycles. The number of methoxy groups -OCH3 is 2. The van der Waals surface area contributed by atoms with Crippen molar-refractivity contribution in [1.82, 2.24) is 14.5 Å². The molecular weight excluding hydrogens is 412 g/mol. The van der Waals surface area contributed by atoms with Crippen LogP contribution in [0.25, 0.3) is 11.0 Å². The second-order valence-corrected chi connectivity index (χ2v) is 7.89. The van der Waals surface area contributed by atoms with Gasteiger partial charge in [-0.05, 0) is 36.2 Å². The van der Waals surface area contributed by atoms with Crippen LogP contribution >= 0.6 is 0 Å². The Morgan fingerprint density at radius 3 is 2.06 bits per heavy atom. The van der Waals surface area contributed by atoms with Gasteiger partial charge in [0.2, 0.25) is 5.91 Å². The predicted molar refractivity (Wildman–Crippen MR) is 122 cm³/mol. The molecule has 1 atom stereocenters. The van der Waals surface area contributed by atoms with Crippen LogP contribution < -0.4 is 25.8 Å². The lowest BCUT2D eigenvalue weighted by atomic mass is 10.0. The zero-order chi connectivity index (χ0) is 23.6. The third-order valence-electron chi connectivity index (χ3n) is 5.39. The Bertz CT molecular complexity index is 1200. The topological polar surface area (TPSA) is 104 Å². The highest BCUT2D eigenvalue weighted by molar-refractivity contribution is 6.02. The summed E-state index contributed by atoms with van der Waals surface area (Å²) >= 11 is 0. The van der Waals surface area contributed by atoms with Gasteiger partial charge in [0.25, 0.3) is 5.91 Å². The smallest absolute Gasteiger partial charge is 0.328 e. The van der Waals surface area contributed by atoms with Crippen LogP contribution in [0.1, 0.15) is 24.2 Å². The molecule has 2 amide bonds. The number of benzene rings is 2. The molecule has 0 aliphatic rings. The highest BCUT2D eigenvalue weighted by Gasteiger charge is 2.25. The fourth-order valence-electron chi connectivity index (χ4n) is 3.50. The van der Waals surface area contributed by atoms with Gasteiger partial charge in [-0.25, -0.2) is 4.79 Å². The quantitative estimate of drug-likeness (QED) is 0.587. The van der Waals surface area contributed by atoms with Gasteiger partial charge in [0.1, 0.15) is 17.5 Å². The van der Waals surface area contributed by atoms with Gasteiger partial charge in [0.15, 0.2) is 0 Å². The summed E-state index contributed by atoms with van der Waals surface area (Å²) in [4.78, 5) is 38.0. The molecule has 0 radical (unpaired) electrons. The minimum Gasteiger partial charge on any atom is -0.497 e. The third kappa shape index (κ3) is 4.46. The van der Waals surface area contributed by atoms with Crippen molar-refractivity contribution in [3.63, 3.8) is 0 Å². The van der Waals surface area contributed by atoms with Gasteiger partial charge < -0.3 is 20.1 Å². The summed E-state index contributed by atoms with van der Waals surface area (Å²) in [5, 5.41) is 5.64. The van der Waals surface area contributed by atoms with Crippen molar-refractivity contribution in [2.24, 2.45) is 20.0 Å². The van der Waals surface area contributed by atoms with Gasteiger partial charge in [0, 0.05) is 31.4 Å². The molecule has 3 rings (SSSR count). The summed E-state index contributed by atoms with van der Waals surface area (Å²) in [5.74, 6) is 0.000337. The van der Waals surface area contributed by atoms with Crippen LogP contribution in [-0.4, -0.2) is 41.2 Å². The third-order valence-corrected chi connectivity index (χ3v) is 5.39. The average molecular weight is 441 g/mol. The maximum atomic E-state index is 13.0. The largest absolute Gasteiger partial charge is 0.497 e. The van der Waals surface area contributed by atoms with Crippen LogP contribution in [0.15, 0.2) is 41.2 Å². The van der Waals surface area contributed by atoms with Crippen molar-refractivity contribution in [1.29, 1.82) is 0 Å². The van der Waals surface area contributed by atoms with Crippen LogP contribution in [0, 0.1) is 5.92 Å².